The fraction of sp³-hybridized carbons (Fsp3) is 0.0500. The van der Waals surface area contributed by atoms with Crippen molar-refractivity contribution in [3.8, 4) is 0 Å². The quantitative estimate of drug-likeness (QED) is 0.565. The van der Waals surface area contributed by atoms with Gasteiger partial charge in [0.05, 0.1) is 17.8 Å². The van der Waals surface area contributed by atoms with Crippen LogP contribution in [0.2, 0.25) is 5.02 Å². The molecule has 0 aliphatic carbocycles. The first-order valence-corrected chi connectivity index (χ1v) is 9.51. The highest BCUT2D eigenvalue weighted by Crippen LogP contribution is 2.40. The Morgan fingerprint density at radius 3 is 2.69 bits per heavy atom. The van der Waals surface area contributed by atoms with Gasteiger partial charge < -0.3 is 10.6 Å². The molecule has 2 N–H and O–H groups in total. The maximum absolute atomic E-state index is 13.8. The molecule has 1 aliphatic heterocycles. The van der Waals surface area contributed by atoms with Crippen molar-refractivity contribution in [2.45, 2.75) is 6.04 Å². The average Bonchev–Trinajstić information content (AvgIpc) is 3.00. The SMILES string of the molecule is O=C(Nc1cc(Br)cc2c1C(c1cc(F)ccc1Cl)NC2=O)c1cncc(F)c1. The number of halogens is 4. The van der Waals surface area contributed by atoms with Gasteiger partial charge in [0, 0.05) is 38.1 Å². The number of rotatable bonds is 3. The predicted molar refractivity (Wildman–Crippen MR) is 107 cm³/mol. The molecule has 3 aromatic rings. The number of aromatic nitrogens is 1. The molecule has 5 nitrogen and oxygen atoms in total. The van der Waals surface area contributed by atoms with Gasteiger partial charge in [-0.15, -0.1) is 0 Å². The number of hydrogen-bond acceptors (Lipinski definition) is 3. The van der Waals surface area contributed by atoms with Gasteiger partial charge in [-0.25, -0.2) is 8.78 Å². The Labute approximate surface area is 177 Å². The van der Waals surface area contributed by atoms with Crippen LogP contribution in [-0.2, 0) is 0 Å². The van der Waals surface area contributed by atoms with Gasteiger partial charge >= 0.3 is 0 Å². The summed E-state index contributed by atoms with van der Waals surface area (Å²) in [6, 6.07) is 7.31. The number of anilines is 1. The lowest BCUT2D eigenvalue weighted by Gasteiger charge is -2.18. The summed E-state index contributed by atoms with van der Waals surface area (Å²) in [4.78, 5) is 28.8. The van der Waals surface area contributed by atoms with E-state index in [9.17, 15) is 18.4 Å². The molecule has 0 fully saturated rings. The molecule has 0 spiro atoms. The molecule has 0 bridgehead atoms. The molecule has 0 saturated heterocycles. The molecular weight excluding hydrogens is 468 g/mol. The Morgan fingerprint density at radius 2 is 1.93 bits per heavy atom. The number of carbonyl (C=O) groups excluding carboxylic acids is 2. The molecule has 0 saturated carbocycles. The largest absolute Gasteiger partial charge is 0.341 e. The smallest absolute Gasteiger partial charge is 0.257 e. The summed E-state index contributed by atoms with van der Waals surface area (Å²) in [5.41, 5.74) is 1.40. The molecule has 2 aromatic carbocycles. The topological polar surface area (TPSA) is 71.1 Å². The lowest BCUT2D eigenvalue weighted by molar-refractivity contribution is 0.0959. The van der Waals surface area contributed by atoms with Gasteiger partial charge in [0.15, 0.2) is 0 Å². The van der Waals surface area contributed by atoms with Gasteiger partial charge in [0.2, 0.25) is 0 Å². The summed E-state index contributed by atoms with van der Waals surface area (Å²) in [6.07, 6.45) is 2.21. The van der Waals surface area contributed by atoms with E-state index in [1.165, 1.54) is 24.4 Å². The van der Waals surface area contributed by atoms with Crippen molar-refractivity contribution < 1.29 is 18.4 Å². The van der Waals surface area contributed by atoms with Crippen LogP contribution < -0.4 is 10.6 Å². The summed E-state index contributed by atoms with van der Waals surface area (Å²) in [6.45, 7) is 0. The van der Waals surface area contributed by atoms with E-state index < -0.39 is 29.5 Å². The second-order valence-corrected chi connectivity index (χ2v) is 7.66. The molecule has 1 aromatic heterocycles. The normalized spacial score (nSPS) is 15.0. The van der Waals surface area contributed by atoms with Crippen LogP contribution >= 0.6 is 27.5 Å². The van der Waals surface area contributed by atoms with Crippen LogP contribution in [-0.4, -0.2) is 16.8 Å². The monoisotopic (exact) mass is 477 g/mol. The number of amides is 2. The zero-order chi connectivity index (χ0) is 20.7. The van der Waals surface area contributed by atoms with Crippen LogP contribution in [0, 0.1) is 11.6 Å². The fourth-order valence-corrected chi connectivity index (χ4v) is 3.89. The van der Waals surface area contributed by atoms with E-state index in [4.69, 9.17) is 11.6 Å². The third-order valence-corrected chi connectivity index (χ3v) is 5.24. The van der Waals surface area contributed by atoms with E-state index in [0.717, 1.165) is 12.3 Å². The Balaban J connectivity index is 1.81. The van der Waals surface area contributed by atoms with Gasteiger partial charge in [-0.05, 0) is 36.4 Å². The van der Waals surface area contributed by atoms with Gasteiger partial charge in [-0.1, -0.05) is 27.5 Å². The molecule has 2 amide bonds. The summed E-state index contributed by atoms with van der Waals surface area (Å²) in [5.74, 6) is -2.17. The van der Waals surface area contributed by atoms with Gasteiger partial charge in [-0.3, -0.25) is 14.6 Å². The Hall–Kier alpha value is -2.84. The van der Waals surface area contributed by atoms with E-state index >= 15 is 0 Å². The third-order valence-electron chi connectivity index (χ3n) is 4.44. The van der Waals surface area contributed by atoms with Crippen LogP contribution in [0.25, 0.3) is 0 Å². The van der Waals surface area contributed by atoms with E-state index in [2.05, 4.69) is 31.5 Å². The first kappa shape index (κ1) is 19.5. The second kappa shape index (κ2) is 7.53. The summed E-state index contributed by atoms with van der Waals surface area (Å²) in [5, 5.41) is 5.70. The molecule has 146 valence electrons. The molecule has 1 atom stereocenters. The van der Waals surface area contributed by atoms with Crippen LogP contribution in [0.3, 0.4) is 0 Å². The van der Waals surface area contributed by atoms with Crippen LogP contribution in [0.1, 0.15) is 37.9 Å². The van der Waals surface area contributed by atoms with Crippen molar-refractivity contribution >= 4 is 45.0 Å². The van der Waals surface area contributed by atoms with Crippen molar-refractivity contribution in [3.63, 3.8) is 0 Å². The van der Waals surface area contributed by atoms with Gasteiger partial charge in [-0.2, -0.15) is 0 Å². The second-order valence-electron chi connectivity index (χ2n) is 6.33. The van der Waals surface area contributed by atoms with E-state index in [0.29, 0.717) is 26.9 Å². The maximum Gasteiger partial charge on any atom is 0.257 e. The number of fused-ring (bicyclic) bond motifs is 1. The number of nitrogens with one attached hydrogen (secondary N) is 2. The van der Waals surface area contributed by atoms with Crippen LogP contribution in [0.5, 0.6) is 0 Å². The van der Waals surface area contributed by atoms with Crippen molar-refractivity contribution in [3.05, 3.63) is 92.2 Å². The van der Waals surface area contributed by atoms with Crippen molar-refractivity contribution in [1.82, 2.24) is 10.3 Å². The van der Waals surface area contributed by atoms with Crippen LogP contribution in [0.15, 0.2) is 53.3 Å². The highest BCUT2D eigenvalue weighted by atomic mass is 79.9. The summed E-state index contributed by atoms with van der Waals surface area (Å²) in [7, 11) is 0. The zero-order valence-corrected chi connectivity index (χ0v) is 16.8. The van der Waals surface area contributed by atoms with Crippen molar-refractivity contribution in [2.75, 3.05) is 5.32 Å². The van der Waals surface area contributed by atoms with Gasteiger partial charge in [0.25, 0.3) is 11.8 Å². The Kier molecular flexibility index (Phi) is 5.06. The maximum atomic E-state index is 13.8. The van der Waals surface area contributed by atoms with E-state index in [1.54, 1.807) is 12.1 Å². The number of nitrogens with zero attached hydrogens (tertiary/aromatic N) is 1. The lowest BCUT2D eigenvalue weighted by atomic mass is 9.96. The highest BCUT2D eigenvalue weighted by Gasteiger charge is 2.34. The number of hydrogen-bond donors (Lipinski definition) is 2. The Morgan fingerprint density at radius 1 is 1.14 bits per heavy atom. The Bertz CT molecular complexity index is 1170. The van der Waals surface area contributed by atoms with E-state index in [1.807, 2.05) is 0 Å². The first-order valence-electron chi connectivity index (χ1n) is 8.34. The molecule has 1 unspecified atom stereocenters. The summed E-state index contributed by atoms with van der Waals surface area (Å²) < 4.78 is 27.8. The molecule has 4 rings (SSSR count). The highest BCUT2D eigenvalue weighted by molar-refractivity contribution is 9.10. The lowest BCUT2D eigenvalue weighted by Crippen LogP contribution is -2.21. The predicted octanol–water partition coefficient (Wildman–Crippen LogP) is 4.86. The van der Waals surface area contributed by atoms with E-state index in [-0.39, 0.29) is 10.6 Å². The third kappa shape index (κ3) is 3.73. The molecule has 1 aliphatic rings. The molecule has 9 heteroatoms. The standard InChI is InChI=1S/C20H11BrClF2N3O2/c21-10-4-14-17(16(5-10)26-19(28)9-3-12(24)8-25-7-9)18(27-20(14)29)13-6-11(23)1-2-15(13)22/h1-8,18H,(H,26,28)(H,27,29). The number of benzene rings is 2. The van der Waals surface area contributed by atoms with Crippen molar-refractivity contribution in [1.29, 1.82) is 0 Å². The van der Waals surface area contributed by atoms with Crippen LogP contribution in [0.4, 0.5) is 14.5 Å². The van der Waals surface area contributed by atoms with Gasteiger partial charge in [0.1, 0.15) is 11.6 Å². The van der Waals surface area contributed by atoms with Crippen molar-refractivity contribution in [2.24, 2.45) is 0 Å². The average molecular weight is 479 g/mol. The summed E-state index contributed by atoms with van der Waals surface area (Å²) >= 11 is 9.54. The minimum Gasteiger partial charge on any atom is -0.341 e. The fourth-order valence-electron chi connectivity index (χ4n) is 3.20. The number of carbonyl (C=O) groups is 2. The first-order chi connectivity index (χ1) is 13.8. The molecular formula is C20H11BrClF2N3O2. The molecule has 2 heterocycles. The zero-order valence-electron chi connectivity index (χ0n) is 14.5. The minimum atomic E-state index is -0.769. The molecule has 0 radical (unpaired) electrons. The molecule has 29 heavy (non-hydrogen) atoms. The minimum absolute atomic E-state index is 0.0105. The number of pyridine rings is 1.